The highest BCUT2D eigenvalue weighted by molar-refractivity contribution is 7.80. The normalized spacial score (nSPS) is 15.6. The highest BCUT2D eigenvalue weighted by Crippen LogP contribution is 2.40. The van der Waals surface area contributed by atoms with Crippen molar-refractivity contribution in [1.29, 1.82) is 0 Å². The van der Waals surface area contributed by atoms with E-state index in [-0.39, 0.29) is 6.61 Å². The number of ether oxygens (including phenoxy) is 1. The van der Waals surface area contributed by atoms with E-state index in [1.165, 1.54) is 0 Å². The Bertz CT molecular complexity index is 426. The fourth-order valence-electron chi connectivity index (χ4n) is 1.61. The topological polar surface area (TPSA) is 89.9 Å². The number of carbonyl (C=O) groups excluding carboxylic acids is 1. The van der Waals surface area contributed by atoms with E-state index in [2.05, 4.69) is 6.58 Å². The first-order valence-corrected chi connectivity index (χ1v) is 7.31. The molecule has 0 fully saturated rings. The van der Waals surface area contributed by atoms with Crippen LogP contribution in [-0.4, -0.2) is 31.1 Å². The first kappa shape index (κ1) is 18.1. The first-order valence-electron chi connectivity index (χ1n) is 5.94. The van der Waals surface area contributed by atoms with Gasteiger partial charge in [0.2, 0.25) is 0 Å². The van der Waals surface area contributed by atoms with Crippen LogP contribution in [0.2, 0.25) is 0 Å². The van der Waals surface area contributed by atoms with Crippen LogP contribution in [0.5, 0.6) is 0 Å². The van der Waals surface area contributed by atoms with Crippen molar-refractivity contribution in [3.63, 3.8) is 0 Å². The lowest BCUT2D eigenvalue weighted by molar-refractivity contribution is -0.139. The molecular formula is C12H22O6S. The molecule has 0 radical (unpaired) electrons. The molecule has 0 aliphatic rings. The average Bonchev–Trinajstić information content (AvgIpc) is 2.25. The van der Waals surface area contributed by atoms with Crippen LogP contribution >= 0.6 is 0 Å². The van der Waals surface area contributed by atoms with E-state index >= 15 is 0 Å². The van der Waals surface area contributed by atoms with Gasteiger partial charge in [0.25, 0.3) is 0 Å². The summed E-state index contributed by atoms with van der Waals surface area (Å²) in [4.78, 5) is 10.9. The zero-order valence-corrected chi connectivity index (χ0v) is 12.6. The second kappa shape index (κ2) is 6.49. The van der Waals surface area contributed by atoms with Gasteiger partial charge < -0.3 is 4.74 Å². The quantitative estimate of drug-likeness (QED) is 0.419. The van der Waals surface area contributed by atoms with Gasteiger partial charge in [-0.2, -0.15) is 8.42 Å². The minimum absolute atomic E-state index is 0.113. The second-order valence-electron chi connectivity index (χ2n) is 5.10. The highest BCUT2D eigenvalue weighted by atomic mass is 32.3. The Morgan fingerprint density at radius 1 is 1.37 bits per heavy atom. The molecule has 0 aliphatic carbocycles. The summed E-state index contributed by atoms with van der Waals surface area (Å²) in [6.45, 7) is 10.3. The van der Waals surface area contributed by atoms with Gasteiger partial charge in [0.1, 0.15) is 0 Å². The molecule has 112 valence electrons. The minimum atomic E-state index is -4.55. The van der Waals surface area contributed by atoms with Crippen molar-refractivity contribution in [3.05, 3.63) is 12.7 Å². The Morgan fingerprint density at radius 2 is 1.89 bits per heavy atom. The van der Waals surface area contributed by atoms with Crippen LogP contribution in [0.4, 0.5) is 0 Å². The van der Waals surface area contributed by atoms with Crippen molar-refractivity contribution in [3.8, 4) is 0 Å². The monoisotopic (exact) mass is 294 g/mol. The lowest BCUT2D eigenvalue weighted by atomic mass is 9.72. The van der Waals surface area contributed by atoms with Gasteiger partial charge in [0.15, 0.2) is 0 Å². The fraction of sp³-hybridized carbons (Fsp3) is 0.750. The summed E-state index contributed by atoms with van der Waals surface area (Å²) in [5.74, 6) is -0.537. The lowest BCUT2D eigenvalue weighted by Crippen LogP contribution is -2.46. The number of rotatable bonds is 8. The molecular weight excluding hydrogens is 272 g/mol. The van der Waals surface area contributed by atoms with Crippen molar-refractivity contribution in [2.45, 2.75) is 46.1 Å². The maximum Gasteiger partial charge on any atom is 0.397 e. The molecule has 0 aromatic rings. The summed E-state index contributed by atoms with van der Waals surface area (Å²) in [7, 11) is -4.55. The molecule has 0 aliphatic heterocycles. The second-order valence-corrected chi connectivity index (χ2v) is 6.12. The Labute approximate surface area is 114 Å². The molecule has 0 saturated carbocycles. The van der Waals surface area contributed by atoms with Crippen LogP contribution < -0.4 is 0 Å². The van der Waals surface area contributed by atoms with Crippen LogP contribution in [-0.2, 0) is 24.1 Å². The molecule has 0 spiro atoms. The summed E-state index contributed by atoms with van der Waals surface area (Å²) in [6.07, 6.45) is 1.81. The van der Waals surface area contributed by atoms with Crippen molar-refractivity contribution in [1.82, 2.24) is 0 Å². The summed E-state index contributed by atoms with van der Waals surface area (Å²) in [5.41, 5.74) is -1.72. The molecule has 0 bridgehead atoms. The van der Waals surface area contributed by atoms with Gasteiger partial charge in [0, 0.05) is 6.08 Å². The van der Waals surface area contributed by atoms with Crippen molar-refractivity contribution >= 4 is 16.4 Å². The van der Waals surface area contributed by atoms with Crippen LogP contribution in [0.25, 0.3) is 0 Å². The third kappa shape index (κ3) is 5.71. The number of hydrogen-bond acceptors (Lipinski definition) is 5. The highest BCUT2D eigenvalue weighted by Gasteiger charge is 2.43. The standard InChI is InChI=1S/C12H22O6S/c1-6-10(13)17-9-8-11(3,4)12(5,7-2)18-19(14,15)16/h6H,1,7-9H2,2-5H3,(H,14,15,16). The maximum absolute atomic E-state index is 10.9. The summed E-state index contributed by atoms with van der Waals surface area (Å²) >= 11 is 0. The Hall–Kier alpha value is -0.920. The zero-order valence-electron chi connectivity index (χ0n) is 11.8. The number of esters is 1. The molecule has 6 nitrogen and oxygen atoms in total. The average molecular weight is 294 g/mol. The Kier molecular flexibility index (Phi) is 6.18. The van der Waals surface area contributed by atoms with Gasteiger partial charge in [-0.15, -0.1) is 0 Å². The molecule has 1 atom stereocenters. The van der Waals surface area contributed by atoms with Gasteiger partial charge in [0.05, 0.1) is 12.2 Å². The third-order valence-corrected chi connectivity index (χ3v) is 4.11. The molecule has 19 heavy (non-hydrogen) atoms. The molecule has 0 saturated heterocycles. The van der Waals surface area contributed by atoms with Crippen LogP contribution in [0.1, 0.15) is 40.5 Å². The lowest BCUT2D eigenvalue weighted by Gasteiger charge is -2.41. The Morgan fingerprint density at radius 3 is 2.26 bits per heavy atom. The van der Waals surface area contributed by atoms with Gasteiger partial charge in [-0.1, -0.05) is 27.4 Å². The minimum Gasteiger partial charge on any atom is -0.463 e. The smallest absolute Gasteiger partial charge is 0.397 e. The molecule has 1 N–H and O–H groups in total. The molecule has 0 rings (SSSR count). The fourth-order valence-corrected chi connectivity index (χ4v) is 2.42. The van der Waals surface area contributed by atoms with Crippen molar-refractivity contribution in [2.24, 2.45) is 5.41 Å². The molecule has 0 heterocycles. The van der Waals surface area contributed by atoms with Gasteiger partial charge in [-0.05, 0) is 25.2 Å². The van der Waals surface area contributed by atoms with Gasteiger partial charge >= 0.3 is 16.4 Å². The van der Waals surface area contributed by atoms with E-state index in [9.17, 15) is 13.2 Å². The first-order chi connectivity index (χ1) is 8.47. The van der Waals surface area contributed by atoms with Crippen LogP contribution in [0.3, 0.4) is 0 Å². The van der Waals surface area contributed by atoms with E-state index in [4.69, 9.17) is 13.5 Å². The van der Waals surface area contributed by atoms with Crippen molar-refractivity contribution < 1.29 is 26.7 Å². The molecule has 0 amide bonds. The summed E-state index contributed by atoms with van der Waals surface area (Å²) in [6, 6.07) is 0. The summed E-state index contributed by atoms with van der Waals surface area (Å²) < 4.78 is 40.3. The molecule has 1 unspecified atom stereocenters. The van der Waals surface area contributed by atoms with E-state index in [0.29, 0.717) is 12.8 Å². The predicted molar refractivity (Wildman–Crippen MR) is 70.9 cm³/mol. The zero-order chi connectivity index (χ0) is 15.3. The van der Waals surface area contributed by atoms with Crippen LogP contribution in [0, 0.1) is 5.41 Å². The molecule has 7 heteroatoms. The number of hydrogen-bond donors (Lipinski definition) is 1. The predicted octanol–water partition coefficient (Wildman–Crippen LogP) is 2.12. The largest absolute Gasteiger partial charge is 0.463 e. The molecule has 0 aromatic carbocycles. The van der Waals surface area contributed by atoms with Gasteiger partial charge in [-0.3, -0.25) is 4.55 Å². The third-order valence-electron chi connectivity index (χ3n) is 3.53. The van der Waals surface area contributed by atoms with E-state index < -0.39 is 27.4 Å². The SMILES string of the molecule is C=CC(=O)OCCC(C)(C)C(C)(CC)OS(=O)(=O)O. The Balaban J connectivity index is 4.82. The van der Waals surface area contributed by atoms with Crippen molar-refractivity contribution in [2.75, 3.05) is 6.61 Å². The van der Waals surface area contributed by atoms with E-state index in [1.807, 2.05) is 0 Å². The maximum atomic E-state index is 10.9. The molecule has 0 aromatic heterocycles. The number of carbonyl (C=O) groups is 1. The van der Waals surface area contributed by atoms with Crippen LogP contribution in [0.15, 0.2) is 12.7 Å². The van der Waals surface area contributed by atoms with Gasteiger partial charge in [-0.25, -0.2) is 8.98 Å². The van der Waals surface area contributed by atoms with E-state index in [1.54, 1.807) is 27.7 Å². The van der Waals surface area contributed by atoms with E-state index in [0.717, 1.165) is 6.08 Å². The summed E-state index contributed by atoms with van der Waals surface area (Å²) in [5, 5.41) is 0.